The largest absolute Gasteiger partial charge is 0.488 e. The number of benzene rings is 2. The van der Waals surface area contributed by atoms with Crippen LogP contribution in [0.2, 0.25) is 0 Å². The average molecular weight is 601 g/mol. The molecule has 0 aliphatic carbocycles. The molecule has 0 spiro atoms. The van der Waals surface area contributed by atoms with Gasteiger partial charge in [0.1, 0.15) is 18.2 Å². The van der Waals surface area contributed by atoms with Crippen LogP contribution in [0.1, 0.15) is 56.2 Å². The molecular formula is C28H36N6O5S2. The van der Waals surface area contributed by atoms with Crippen molar-refractivity contribution in [3.63, 3.8) is 0 Å². The normalized spacial score (nSPS) is 18.2. The Morgan fingerprint density at radius 3 is 2.27 bits per heavy atom. The molecule has 13 heteroatoms. The summed E-state index contributed by atoms with van der Waals surface area (Å²) in [6.07, 6.45) is 4.91. The monoisotopic (exact) mass is 600 g/mol. The molecule has 2 aliphatic heterocycles. The Balaban J connectivity index is 1.41. The summed E-state index contributed by atoms with van der Waals surface area (Å²) >= 11 is 0. The van der Waals surface area contributed by atoms with E-state index in [0.717, 1.165) is 41.8 Å². The molecule has 2 aliphatic rings. The van der Waals surface area contributed by atoms with Gasteiger partial charge < -0.3 is 15.4 Å². The molecular weight excluding hydrogens is 564 g/mol. The van der Waals surface area contributed by atoms with Gasteiger partial charge in [-0.1, -0.05) is 12.1 Å². The lowest BCUT2D eigenvalue weighted by molar-refractivity contribution is 0.256. The molecule has 1 fully saturated rings. The highest BCUT2D eigenvalue weighted by Gasteiger charge is 2.33. The number of hydrogen-bond donors (Lipinski definition) is 2. The molecule has 5 rings (SSSR count). The molecule has 1 saturated heterocycles. The molecule has 220 valence electrons. The van der Waals surface area contributed by atoms with Crippen LogP contribution in [0.5, 0.6) is 5.75 Å². The van der Waals surface area contributed by atoms with Crippen molar-refractivity contribution in [1.29, 1.82) is 0 Å². The van der Waals surface area contributed by atoms with Crippen LogP contribution in [0.15, 0.2) is 41.6 Å². The highest BCUT2D eigenvalue weighted by atomic mass is 32.2. The van der Waals surface area contributed by atoms with Crippen LogP contribution in [0.3, 0.4) is 0 Å². The number of anilines is 4. The molecule has 1 unspecified atom stereocenters. The first-order valence-electron chi connectivity index (χ1n) is 13.7. The second-order valence-electron chi connectivity index (χ2n) is 11.0. The molecule has 0 amide bonds. The molecule has 11 nitrogen and oxygen atoms in total. The predicted octanol–water partition coefficient (Wildman–Crippen LogP) is 4.31. The number of hydrogen-bond acceptors (Lipinski definition) is 10. The lowest BCUT2D eigenvalue weighted by Gasteiger charge is -2.32. The van der Waals surface area contributed by atoms with Gasteiger partial charge in [-0.3, -0.25) is 0 Å². The van der Waals surface area contributed by atoms with Crippen molar-refractivity contribution in [1.82, 2.24) is 19.3 Å². The zero-order valence-electron chi connectivity index (χ0n) is 23.9. The fourth-order valence-electron chi connectivity index (χ4n) is 5.62. The number of para-hydroxylation sites is 1. The average Bonchev–Trinajstić information content (AvgIpc) is 3.30. The van der Waals surface area contributed by atoms with Gasteiger partial charge in [0.2, 0.25) is 21.9 Å². The summed E-state index contributed by atoms with van der Waals surface area (Å²) in [5, 5.41) is 5.74. The quantitative estimate of drug-likeness (QED) is 0.384. The van der Waals surface area contributed by atoms with Crippen LogP contribution in [0.4, 0.5) is 23.3 Å². The van der Waals surface area contributed by atoms with Gasteiger partial charge in [-0.25, -0.2) is 31.1 Å². The summed E-state index contributed by atoms with van der Waals surface area (Å²) < 4.78 is 57.6. The van der Waals surface area contributed by atoms with Gasteiger partial charge in [0.05, 0.1) is 27.8 Å². The van der Waals surface area contributed by atoms with Crippen LogP contribution in [0, 0.1) is 6.92 Å². The van der Waals surface area contributed by atoms with Crippen molar-refractivity contribution in [2.75, 3.05) is 30.0 Å². The van der Waals surface area contributed by atoms with Gasteiger partial charge in [0.25, 0.3) is 0 Å². The minimum absolute atomic E-state index is 0.00259. The van der Waals surface area contributed by atoms with Crippen LogP contribution in [-0.2, 0) is 26.3 Å². The second-order valence-corrected chi connectivity index (χ2v) is 15.5. The van der Waals surface area contributed by atoms with Gasteiger partial charge in [-0.15, -0.1) is 0 Å². The van der Waals surface area contributed by atoms with E-state index in [0.29, 0.717) is 18.8 Å². The standard InChI is InChI=1S/C28H36N6O5S2/c1-17(2)41(37,38)24-9-7-6-8-22(24)31-27-29-16-30-28(33-27)32-23-14-18(3)25(21-15-19(4)39-26(21)23)20-10-12-34(13-11-20)40(5,35)36/h6-9,14,16-17,19-20H,10-13,15H2,1-5H3,(H2,29,30,31,32,33). The summed E-state index contributed by atoms with van der Waals surface area (Å²) in [5.74, 6) is 1.49. The third-order valence-corrected chi connectivity index (χ3v) is 11.2. The molecule has 0 saturated carbocycles. The second kappa shape index (κ2) is 11.2. The maximum Gasteiger partial charge on any atom is 0.232 e. The Hall–Kier alpha value is -3.29. The van der Waals surface area contributed by atoms with Crippen molar-refractivity contribution in [3.05, 3.63) is 53.3 Å². The number of sulfone groups is 1. The Kier molecular flexibility index (Phi) is 7.96. The lowest BCUT2D eigenvalue weighted by atomic mass is 9.83. The third kappa shape index (κ3) is 6.02. The number of sulfonamides is 1. The Labute approximate surface area is 241 Å². The van der Waals surface area contributed by atoms with Gasteiger partial charge in [0.15, 0.2) is 9.84 Å². The highest BCUT2D eigenvalue weighted by molar-refractivity contribution is 7.92. The predicted molar refractivity (Wildman–Crippen MR) is 159 cm³/mol. The van der Waals surface area contributed by atoms with E-state index in [9.17, 15) is 16.8 Å². The molecule has 2 aromatic carbocycles. The van der Waals surface area contributed by atoms with E-state index in [1.54, 1.807) is 42.4 Å². The molecule has 41 heavy (non-hydrogen) atoms. The van der Waals surface area contributed by atoms with E-state index in [2.05, 4.69) is 32.5 Å². The Morgan fingerprint density at radius 2 is 1.63 bits per heavy atom. The van der Waals surface area contributed by atoms with E-state index in [1.165, 1.54) is 18.1 Å². The van der Waals surface area contributed by atoms with Crippen LogP contribution >= 0.6 is 0 Å². The van der Waals surface area contributed by atoms with Gasteiger partial charge in [-0.05, 0) is 75.8 Å². The summed E-state index contributed by atoms with van der Waals surface area (Å²) in [7, 11) is -6.72. The van der Waals surface area contributed by atoms with Crippen molar-refractivity contribution in [2.45, 2.75) is 69.1 Å². The summed E-state index contributed by atoms with van der Waals surface area (Å²) in [6, 6.07) is 8.70. The Morgan fingerprint density at radius 1 is 1.00 bits per heavy atom. The van der Waals surface area contributed by atoms with Crippen LogP contribution in [0.25, 0.3) is 0 Å². The van der Waals surface area contributed by atoms with E-state index < -0.39 is 25.1 Å². The first-order valence-corrected chi connectivity index (χ1v) is 17.1. The zero-order chi connectivity index (χ0) is 29.5. The van der Waals surface area contributed by atoms with E-state index in [1.807, 2.05) is 13.0 Å². The lowest BCUT2D eigenvalue weighted by Crippen LogP contribution is -2.37. The molecule has 3 aromatic rings. The van der Waals surface area contributed by atoms with Crippen LogP contribution in [-0.4, -0.2) is 66.8 Å². The molecule has 3 heterocycles. The number of aryl methyl sites for hydroxylation is 1. The van der Waals surface area contributed by atoms with Gasteiger partial charge in [-0.2, -0.15) is 4.98 Å². The fraction of sp³-hybridized carbons (Fsp3) is 0.464. The molecule has 2 N–H and O–H groups in total. The number of nitrogens with zero attached hydrogens (tertiary/aromatic N) is 4. The minimum Gasteiger partial charge on any atom is -0.488 e. The molecule has 1 atom stereocenters. The number of nitrogens with one attached hydrogen (secondary N) is 2. The van der Waals surface area contributed by atoms with E-state index in [-0.39, 0.29) is 28.8 Å². The van der Waals surface area contributed by atoms with Crippen molar-refractivity contribution >= 4 is 43.1 Å². The smallest absolute Gasteiger partial charge is 0.232 e. The van der Waals surface area contributed by atoms with Gasteiger partial charge in [0, 0.05) is 25.1 Å². The van der Waals surface area contributed by atoms with Crippen molar-refractivity contribution < 1.29 is 21.6 Å². The minimum atomic E-state index is -3.53. The summed E-state index contributed by atoms with van der Waals surface area (Å²) in [4.78, 5) is 13.2. The van der Waals surface area contributed by atoms with Crippen molar-refractivity contribution in [2.24, 2.45) is 0 Å². The SMILES string of the molecule is Cc1cc(Nc2ncnc(Nc3ccccc3S(=O)(=O)C(C)C)n2)c2c(c1C1CCN(S(C)(=O)=O)CC1)CC(C)O2. The maximum atomic E-state index is 12.9. The van der Waals surface area contributed by atoms with E-state index >= 15 is 0 Å². The van der Waals surface area contributed by atoms with Gasteiger partial charge >= 0.3 is 0 Å². The maximum absolute atomic E-state index is 12.9. The van der Waals surface area contributed by atoms with Crippen LogP contribution < -0.4 is 15.4 Å². The zero-order valence-corrected chi connectivity index (χ0v) is 25.5. The third-order valence-electron chi connectivity index (χ3n) is 7.65. The number of fused-ring (bicyclic) bond motifs is 1. The first kappa shape index (κ1) is 29.2. The molecule has 1 aromatic heterocycles. The first-order chi connectivity index (χ1) is 19.3. The topological polar surface area (TPSA) is 143 Å². The van der Waals surface area contributed by atoms with Crippen molar-refractivity contribution in [3.8, 4) is 5.75 Å². The molecule has 0 radical (unpaired) electrons. The van der Waals surface area contributed by atoms with E-state index in [4.69, 9.17) is 4.74 Å². The Bertz CT molecular complexity index is 1670. The number of rotatable bonds is 8. The molecule has 0 bridgehead atoms. The number of aromatic nitrogens is 3. The summed E-state index contributed by atoms with van der Waals surface area (Å²) in [6.45, 7) is 8.41. The fourth-order valence-corrected chi connectivity index (χ4v) is 7.69. The number of piperidine rings is 1. The number of ether oxygens (including phenoxy) is 1. The summed E-state index contributed by atoms with van der Waals surface area (Å²) in [5.41, 5.74) is 4.60. The highest BCUT2D eigenvalue weighted by Crippen LogP contribution is 2.45.